The van der Waals surface area contributed by atoms with Crippen molar-refractivity contribution in [2.75, 3.05) is 5.73 Å². The van der Waals surface area contributed by atoms with Crippen molar-refractivity contribution >= 4 is 11.6 Å². The third-order valence-electron chi connectivity index (χ3n) is 4.21. The molecule has 0 bridgehead atoms. The number of amides is 1. The molecule has 1 aliphatic carbocycles. The van der Waals surface area contributed by atoms with Crippen LogP contribution in [0.25, 0.3) is 0 Å². The molecule has 3 N–H and O–H groups in total. The largest absolute Gasteiger partial charge is 0.399 e. The summed E-state index contributed by atoms with van der Waals surface area (Å²) in [6, 6.07) is 7.99. The van der Waals surface area contributed by atoms with Crippen LogP contribution in [0.3, 0.4) is 0 Å². The summed E-state index contributed by atoms with van der Waals surface area (Å²) in [5, 5.41) is 3.21. The minimum Gasteiger partial charge on any atom is -0.399 e. The second-order valence-electron chi connectivity index (χ2n) is 5.94. The molecule has 0 heterocycles. The van der Waals surface area contributed by atoms with Crippen LogP contribution in [0.4, 0.5) is 5.69 Å². The van der Waals surface area contributed by atoms with E-state index < -0.39 is 0 Å². The van der Waals surface area contributed by atoms with E-state index in [1.165, 1.54) is 0 Å². The molecule has 0 spiro atoms. The first-order valence-electron chi connectivity index (χ1n) is 7.16. The maximum Gasteiger partial charge on any atom is 0.230 e. The van der Waals surface area contributed by atoms with Gasteiger partial charge in [-0.2, -0.15) is 0 Å². The molecule has 0 radical (unpaired) electrons. The lowest BCUT2D eigenvalue weighted by molar-refractivity contribution is -0.124. The van der Waals surface area contributed by atoms with Gasteiger partial charge in [0.25, 0.3) is 0 Å². The third-order valence-corrected chi connectivity index (χ3v) is 4.21. The Morgan fingerprint density at radius 1 is 1.32 bits per heavy atom. The summed E-state index contributed by atoms with van der Waals surface area (Å²) in [5.74, 6) is 0.647. The van der Waals surface area contributed by atoms with Crippen molar-refractivity contribution in [3.63, 3.8) is 0 Å². The Morgan fingerprint density at radius 3 is 2.32 bits per heavy atom. The summed E-state index contributed by atoms with van der Waals surface area (Å²) >= 11 is 0. The molecule has 1 aromatic carbocycles. The number of carbonyl (C=O) groups excluding carboxylic acids is 1. The van der Waals surface area contributed by atoms with Crippen molar-refractivity contribution in [3.8, 4) is 0 Å². The quantitative estimate of drug-likeness (QED) is 0.800. The molecule has 104 valence electrons. The van der Waals surface area contributed by atoms with Crippen molar-refractivity contribution in [2.45, 2.75) is 51.5 Å². The van der Waals surface area contributed by atoms with E-state index in [-0.39, 0.29) is 17.4 Å². The molecule has 3 heteroatoms. The van der Waals surface area contributed by atoms with Gasteiger partial charge in [-0.05, 0) is 42.9 Å². The SMILES string of the molecule is CCC(NC(=O)C1(c2ccc(N)cc2)CC1)C(C)C. The zero-order chi connectivity index (χ0) is 14.0. The molecule has 1 amide bonds. The number of nitrogens with one attached hydrogen (secondary N) is 1. The van der Waals surface area contributed by atoms with Gasteiger partial charge in [-0.3, -0.25) is 4.79 Å². The average molecular weight is 260 g/mol. The van der Waals surface area contributed by atoms with Gasteiger partial charge in [0, 0.05) is 11.7 Å². The molecule has 0 aromatic heterocycles. The fraction of sp³-hybridized carbons (Fsp3) is 0.562. The molecular weight excluding hydrogens is 236 g/mol. The van der Waals surface area contributed by atoms with E-state index in [2.05, 4.69) is 26.1 Å². The van der Waals surface area contributed by atoms with E-state index in [1.54, 1.807) is 0 Å². The number of rotatable bonds is 5. The van der Waals surface area contributed by atoms with Crippen LogP contribution in [-0.2, 0) is 10.2 Å². The van der Waals surface area contributed by atoms with Gasteiger partial charge in [-0.1, -0.05) is 32.9 Å². The van der Waals surface area contributed by atoms with Crippen LogP contribution >= 0.6 is 0 Å². The van der Waals surface area contributed by atoms with Crippen molar-refractivity contribution in [1.82, 2.24) is 5.32 Å². The van der Waals surface area contributed by atoms with E-state index in [1.807, 2.05) is 24.3 Å². The Kier molecular flexibility index (Phi) is 3.83. The molecule has 1 fully saturated rings. The minimum atomic E-state index is -0.296. The van der Waals surface area contributed by atoms with Gasteiger partial charge >= 0.3 is 0 Å². The fourth-order valence-corrected chi connectivity index (χ4v) is 2.62. The highest BCUT2D eigenvalue weighted by atomic mass is 16.2. The van der Waals surface area contributed by atoms with E-state index in [0.29, 0.717) is 5.92 Å². The van der Waals surface area contributed by atoms with E-state index in [9.17, 15) is 4.79 Å². The minimum absolute atomic E-state index is 0.179. The summed E-state index contributed by atoms with van der Waals surface area (Å²) in [6.07, 6.45) is 2.86. The lowest BCUT2D eigenvalue weighted by Gasteiger charge is -2.24. The molecule has 19 heavy (non-hydrogen) atoms. The molecule has 1 atom stereocenters. The Morgan fingerprint density at radius 2 is 1.89 bits per heavy atom. The van der Waals surface area contributed by atoms with Crippen molar-refractivity contribution in [1.29, 1.82) is 0 Å². The number of nitrogen functional groups attached to an aromatic ring is 1. The predicted octanol–water partition coefficient (Wildman–Crippen LogP) is 2.85. The van der Waals surface area contributed by atoms with Gasteiger partial charge in [0.1, 0.15) is 0 Å². The summed E-state index contributed by atoms with van der Waals surface area (Å²) in [5.41, 5.74) is 7.25. The Balaban J connectivity index is 2.12. The van der Waals surface area contributed by atoms with Crippen LogP contribution in [0, 0.1) is 5.92 Å². The molecule has 1 aromatic rings. The number of hydrogen-bond acceptors (Lipinski definition) is 2. The number of hydrogen-bond donors (Lipinski definition) is 2. The molecule has 2 rings (SSSR count). The number of anilines is 1. The molecule has 1 saturated carbocycles. The fourth-order valence-electron chi connectivity index (χ4n) is 2.62. The Labute approximate surface area is 115 Å². The number of benzene rings is 1. The van der Waals surface area contributed by atoms with Crippen LogP contribution < -0.4 is 11.1 Å². The highest BCUT2D eigenvalue weighted by Crippen LogP contribution is 2.48. The highest BCUT2D eigenvalue weighted by Gasteiger charge is 2.51. The van der Waals surface area contributed by atoms with Crippen molar-refractivity contribution < 1.29 is 4.79 Å². The normalized spacial score (nSPS) is 18.1. The lowest BCUT2D eigenvalue weighted by Crippen LogP contribution is -2.43. The van der Waals surface area contributed by atoms with E-state index >= 15 is 0 Å². The van der Waals surface area contributed by atoms with Gasteiger partial charge in [-0.25, -0.2) is 0 Å². The zero-order valence-corrected chi connectivity index (χ0v) is 12.1. The maximum absolute atomic E-state index is 12.5. The van der Waals surface area contributed by atoms with Crippen molar-refractivity contribution in [3.05, 3.63) is 29.8 Å². The Bertz CT molecular complexity index is 446. The van der Waals surface area contributed by atoms with Gasteiger partial charge < -0.3 is 11.1 Å². The molecule has 1 unspecified atom stereocenters. The first-order chi connectivity index (χ1) is 8.99. The van der Waals surface area contributed by atoms with Crippen LogP contribution in [0.1, 0.15) is 45.6 Å². The number of carbonyl (C=O) groups is 1. The van der Waals surface area contributed by atoms with Gasteiger partial charge in [-0.15, -0.1) is 0 Å². The van der Waals surface area contributed by atoms with Gasteiger partial charge in [0.15, 0.2) is 0 Å². The maximum atomic E-state index is 12.5. The Hall–Kier alpha value is -1.51. The first kappa shape index (κ1) is 13.9. The predicted molar refractivity (Wildman–Crippen MR) is 78.8 cm³/mol. The monoisotopic (exact) mass is 260 g/mol. The second-order valence-corrected chi connectivity index (χ2v) is 5.94. The smallest absolute Gasteiger partial charge is 0.230 e. The second kappa shape index (κ2) is 5.24. The molecule has 1 aliphatic rings. The summed E-state index contributed by atoms with van der Waals surface area (Å²) < 4.78 is 0. The lowest BCUT2D eigenvalue weighted by atomic mass is 9.93. The van der Waals surface area contributed by atoms with Crippen molar-refractivity contribution in [2.24, 2.45) is 5.92 Å². The van der Waals surface area contributed by atoms with Gasteiger partial charge in [0.2, 0.25) is 5.91 Å². The number of nitrogens with two attached hydrogens (primary N) is 1. The summed E-state index contributed by atoms with van der Waals surface area (Å²) in [4.78, 5) is 12.5. The van der Waals surface area contributed by atoms with Crippen LogP contribution in [0.2, 0.25) is 0 Å². The average Bonchev–Trinajstić information content (AvgIpc) is 3.17. The molecule has 0 aliphatic heterocycles. The third kappa shape index (κ3) is 2.75. The summed E-state index contributed by atoms with van der Waals surface area (Å²) in [6.45, 7) is 6.42. The zero-order valence-electron chi connectivity index (χ0n) is 12.1. The van der Waals surface area contributed by atoms with E-state index in [4.69, 9.17) is 5.73 Å². The van der Waals surface area contributed by atoms with Crippen LogP contribution in [0.5, 0.6) is 0 Å². The van der Waals surface area contributed by atoms with E-state index in [0.717, 1.165) is 30.5 Å². The topological polar surface area (TPSA) is 55.1 Å². The summed E-state index contributed by atoms with van der Waals surface area (Å²) in [7, 11) is 0. The molecule has 0 saturated heterocycles. The van der Waals surface area contributed by atoms with Crippen LogP contribution in [-0.4, -0.2) is 11.9 Å². The molecule has 3 nitrogen and oxygen atoms in total. The van der Waals surface area contributed by atoms with Crippen LogP contribution in [0.15, 0.2) is 24.3 Å². The first-order valence-corrected chi connectivity index (χ1v) is 7.16. The molecular formula is C16H24N2O. The standard InChI is InChI=1S/C16H24N2O/c1-4-14(11(2)3)18-15(19)16(9-10-16)12-5-7-13(17)8-6-12/h5-8,11,14H,4,9-10,17H2,1-3H3,(H,18,19). The highest BCUT2D eigenvalue weighted by molar-refractivity contribution is 5.91. The van der Waals surface area contributed by atoms with Gasteiger partial charge in [0.05, 0.1) is 5.41 Å².